The molecule has 4 heterocycles. The number of hydrogen-bond donors (Lipinski definition) is 2. The van der Waals surface area contributed by atoms with Gasteiger partial charge >= 0.3 is 0 Å². The smallest absolute Gasteiger partial charge is 0.268 e. The normalized spacial score (nSPS) is 22.2. The number of amides is 2. The highest BCUT2D eigenvalue weighted by molar-refractivity contribution is 6.07. The van der Waals surface area contributed by atoms with Crippen LogP contribution in [0.2, 0.25) is 0 Å². The number of pyridine rings is 1. The summed E-state index contributed by atoms with van der Waals surface area (Å²) in [5, 5.41) is 15.4. The lowest BCUT2D eigenvalue weighted by Gasteiger charge is -2.24. The number of likely N-dealkylation sites (tertiary alicyclic amines) is 1. The maximum absolute atomic E-state index is 13.6. The van der Waals surface area contributed by atoms with Crippen LogP contribution >= 0.6 is 0 Å². The Labute approximate surface area is 193 Å². The summed E-state index contributed by atoms with van der Waals surface area (Å²) in [6, 6.07) is 7.65. The zero-order chi connectivity index (χ0) is 23.9. The molecule has 2 unspecified atom stereocenters. The highest BCUT2D eigenvalue weighted by Crippen LogP contribution is 2.32. The van der Waals surface area contributed by atoms with Gasteiger partial charge < -0.3 is 20.4 Å². The molecule has 0 radical (unpaired) electrons. The molecule has 8 nitrogen and oxygen atoms in total. The standard InChI is InChI=1S/C24H20F2N6O2/c25-24(26)10-17(11-27)32(14-24)22(33)12-30-23(34)18-5-6-28-20-3-1-15(9-19(18)20)16-2-4-21-29-7-8-31(21)13-16/h1-9,13,17,21,29H,10,12,14H2,(H,30,34). The maximum atomic E-state index is 13.6. The number of nitriles is 1. The first-order valence-electron chi connectivity index (χ1n) is 10.7. The second kappa shape index (κ2) is 8.26. The van der Waals surface area contributed by atoms with Gasteiger partial charge in [-0.05, 0) is 35.4 Å². The van der Waals surface area contributed by atoms with Crippen LogP contribution in [-0.4, -0.2) is 57.8 Å². The van der Waals surface area contributed by atoms with Crippen LogP contribution in [0.3, 0.4) is 0 Å². The fraction of sp³-hybridized carbons (Fsp3) is 0.250. The average Bonchev–Trinajstić information content (AvgIpc) is 3.44. The molecule has 34 heavy (non-hydrogen) atoms. The molecule has 3 aliphatic rings. The minimum Gasteiger partial charge on any atom is -0.366 e. The number of allylic oxidation sites excluding steroid dienone is 2. The van der Waals surface area contributed by atoms with E-state index in [0.717, 1.165) is 16.0 Å². The van der Waals surface area contributed by atoms with Crippen molar-refractivity contribution in [1.82, 2.24) is 25.4 Å². The van der Waals surface area contributed by atoms with Crippen LogP contribution in [0.25, 0.3) is 16.5 Å². The summed E-state index contributed by atoms with van der Waals surface area (Å²) in [4.78, 5) is 32.5. The van der Waals surface area contributed by atoms with E-state index in [0.29, 0.717) is 16.5 Å². The topological polar surface area (TPSA) is 101 Å². The van der Waals surface area contributed by atoms with Gasteiger partial charge in [0.1, 0.15) is 12.2 Å². The van der Waals surface area contributed by atoms with Gasteiger partial charge in [0.25, 0.3) is 11.8 Å². The molecule has 1 aromatic carbocycles. The predicted octanol–water partition coefficient (Wildman–Crippen LogP) is 2.34. The van der Waals surface area contributed by atoms with Crippen LogP contribution in [-0.2, 0) is 4.79 Å². The number of hydrogen-bond acceptors (Lipinski definition) is 6. The first-order valence-corrected chi connectivity index (χ1v) is 10.7. The molecule has 2 aromatic rings. The number of fused-ring (bicyclic) bond motifs is 2. The molecule has 1 aromatic heterocycles. The number of halogens is 2. The molecule has 2 atom stereocenters. The van der Waals surface area contributed by atoms with Crippen molar-refractivity contribution in [2.75, 3.05) is 13.1 Å². The van der Waals surface area contributed by atoms with Crippen LogP contribution in [0.15, 0.2) is 61.2 Å². The van der Waals surface area contributed by atoms with E-state index in [1.807, 2.05) is 53.9 Å². The Hall–Kier alpha value is -4.26. The second-order valence-corrected chi connectivity index (χ2v) is 8.32. The van der Waals surface area contributed by atoms with Gasteiger partial charge in [-0.3, -0.25) is 14.6 Å². The Morgan fingerprint density at radius 1 is 1.32 bits per heavy atom. The number of carbonyl (C=O) groups excluding carboxylic acids is 2. The first kappa shape index (κ1) is 21.6. The predicted molar refractivity (Wildman–Crippen MR) is 120 cm³/mol. The summed E-state index contributed by atoms with van der Waals surface area (Å²) in [5.41, 5.74) is 2.75. The quantitative estimate of drug-likeness (QED) is 0.724. The third kappa shape index (κ3) is 3.96. The number of aromatic nitrogens is 1. The Kier molecular flexibility index (Phi) is 5.24. The van der Waals surface area contributed by atoms with Crippen molar-refractivity contribution in [2.45, 2.75) is 24.6 Å². The van der Waals surface area contributed by atoms with Crippen molar-refractivity contribution in [1.29, 1.82) is 5.26 Å². The fourth-order valence-corrected chi connectivity index (χ4v) is 4.32. The first-order chi connectivity index (χ1) is 16.3. The average molecular weight is 462 g/mol. The molecule has 2 N–H and O–H groups in total. The van der Waals surface area contributed by atoms with Gasteiger partial charge in [0.2, 0.25) is 5.91 Å². The van der Waals surface area contributed by atoms with Crippen molar-refractivity contribution in [3.05, 3.63) is 72.3 Å². The summed E-state index contributed by atoms with van der Waals surface area (Å²) >= 11 is 0. The van der Waals surface area contributed by atoms with Gasteiger partial charge in [0.05, 0.1) is 30.2 Å². The zero-order valence-electron chi connectivity index (χ0n) is 17.9. The summed E-state index contributed by atoms with van der Waals surface area (Å²) in [5.74, 6) is -4.37. The van der Waals surface area contributed by atoms with E-state index in [2.05, 4.69) is 15.6 Å². The van der Waals surface area contributed by atoms with E-state index in [1.54, 1.807) is 12.1 Å². The number of benzene rings is 1. The fourth-order valence-electron chi connectivity index (χ4n) is 4.32. The Morgan fingerprint density at radius 3 is 3.00 bits per heavy atom. The summed E-state index contributed by atoms with van der Waals surface area (Å²) in [6.07, 6.45) is 10.7. The van der Waals surface area contributed by atoms with Crippen LogP contribution < -0.4 is 10.6 Å². The number of nitrogens with one attached hydrogen (secondary N) is 2. The minimum absolute atomic E-state index is 0.0842. The minimum atomic E-state index is -3.11. The van der Waals surface area contributed by atoms with Crippen LogP contribution in [0.1, 0.15) is 22.3 Å². The third-order valence-corrected chi connectivity index (χ3v) is 6.04. The molecule has 10 heteroatoms. The van der Waals surface area contributed by atoms with Gasteiger partial charge in [-0.2, -0.15) is 5.26 Å². The molecule has 172 valence electrons. The third-order valence-electron chi connectivity index (χ3n) is 6.04. The van der Waals surface area contributed by atoms with Gasteiger partial charge in [-0.25, -0.2) is 8.78 Å². The van der Waals surface area contributed by atoms with Crippen LogP contribution in [0.5, 0.6) is 0 Å². The largest absolute Gasteiger partial charge is 0.366 e. The van der Waals surface area contributed by atoms with Gasteiger partial charge in [0.15, 0.2) is 0 Å². The molecule has 0 aliphatic carbocycles. The number of carbonyl (C=O) groups is 2. The van der Waals surface area contributed by atoms with Crippen molar-refractivity contribution in [2.24, 2.45) is 0 Å². The van der Waals surface area contributed by atoms with Crippen LogP contribution in [0, 0.1) is 11.3 Å². The lowest BCUT2D eigenvalue weighted by atomic mass is 9.99. The lowest BCUT2D eigenvalue weighted by molar-refractivity contribution is -0.131. The summed E-state index contributed by atoms with van der Waals surface area (Å²) < 4.78 is 27.3. The Morgan fingerprint density at radius 2 is 2.18 bits per heavy atom. The lowest BCUT2D eigenvalue weighted by Crippen LogP contribution is -2.43. The van der Waals surface area contributed by atoms with E-state index in [4.69, 9.17) is 5.26 Å². The SMILES string of the molecule is N#CC1CC(F)(F)CN1C(=O)CNC(=O)c1ccnc2ccc(C3=CN4C=CNC4C=C3)cc12. The van der Waals surface area contributed by atoms with Crippen molar-refractivity contribution in [3.8, 4) is 6.07 Å². The molecule has 1 fully saturated rings. The molecule has 0 bridgehead atoms. The molecule has 0 saturated carbocycles. The van der Waals surface area contributed by atoms with Crippen molar-refractivity contribution >= 4 is 28.3 Å². The molecule has 0 spiro atoms. The molecule has 1 saturated heterocycles. The van der Waals surface area contributed by atoms with Gasteiger partial charge in [-0.1, -0.05) is 12.1 Å². The number of nitrogens with zero attached hydrogens (tertiary/aromatic N) is 4. The Balaban J connectivity index is 1.35. The number of rotatable bonds is 4. The van der Waals surface area contributed by atoms with Crippen LogP contribution in [0.4, 0.5) is 8.78 Å². The van der Waals surface area contributed by atoms with E-state index in [9.17, 15) is 18.4 Å². The van der Waals surface area contributed by atoms with E-state index in [-0.39, 0.29) is 6.17 Å². The van der Waals surface area contributed by atoms with Gasteiger partial charge in [-0.15, -0.1) is 0 Å². The molecular weight excluding hydrogens is 442 g/mol. The zero-order valence-corrected chi connectivity index (χ0v) is 17.9. The molecule has 3 aliphatic heterocycles. The molecule has 5 rings (SSSR count). The molecule has 2 amide bonds. The van der Waals surface area contributed by atoms with E-state index in [1.165, 1.54) is 6.20 Å². The van der Waals surface area contributed by atoms with Crippen molar-refractivity contribution in [3.63, 3.8) is 0 Å². The highest BCUT2D eigenvalue weighted by atomic mass is 19.3. The second-order valence-electron chi connectivity index (χ2n) is 8.32. The molecular formula is C24H20F2N6O2. The monoisotopic (exact) mass is 462 g/mol. The van der Waals surface area contributed by atoms with Gasteiger partial charge in [0, 0.05) is 36.6 Å². The summed E-state index contributed by atoms with van der Waals surface area (Å²) in [7, 11) is 0. The highest BCUT2D eigenvalue weighted by Gasteiger charge is 2.47. The van der Waals surface area contributed by atoms with Crippen molar-refractivity contribution < 1.29 is 18.4 Å². The van der Waals surface area contributed by atoms with E-state index < -0.39 is 43.3 Å². The number of alkyl halides is 2. The Bertz CT molecular complexity index is 1310. The van der Waals surface area contributed by atoms with E-state index >= 15 is 0 Å². The maximum Gasteiger partial charge on any atom is 0.268 e. The summed E-state index contributed by atoms with van der Waals surface area (Å²) in [6.45, 7) is -1.31.